The molecule has 0 radical (unpaired) electrons. The Labute approximate surface area is 319 Å². The molecule has 0 fully saturated rings. The van der Waals surface area contributed by atoms with E-state index in [2.05, 4.69) is 10.2 Å². The standard InChI is InChI=1S/C45H41N3O7/c1-30-24-36(29-50-3)31(2)48(30)39-25-35(20-21-37(39)45(49)51-4)43-46-47-44(55-43)38-22-23-40(52-26-32-14-8-5-9-15-32)42(54-28-34-18-12-7-13-19-34)41(38)53-27-33-16-10-6-11-17-33/h5-25H,26-29H2,1-4H3. The number of methoxy groups -OCH3 is 2. The highest BCUT2D eigenvalue weighted by molar-refractivity contribution is 5.94. The number of ether oxygens (including phenoxy) is 5. The summed E-state index contributed by atoms with van der Waals surface area (Å²) in [6, 6.07) is 40.7. The summed E-state index contributed by atoms with van der Waals surface area (Å²) in [5.41, 5.74) is 7.95. The van der Waals surface area contributed by atoms with E-state index in [1.165, 1.54) is 7.11 Å². The van der Waals surface area contributed by atoms with Gasteiger partial charge >= 0.3 is 5.97 Å². The molecule has 5 aromatic carbocycles. The first-order valence-electron chi connectivity index (χ1n) is 17.8. The first-order valence-corrected chi connectivity index (χ1v) is 17.8. The third kappa shape index (κ3) is 8.30. The summed E-state index contributed by atoms with van der Waals surface area (Å²) in [5.74, 6) is 1.30. The number of hydrogen-bond donors (Lipinski definition) is 0. The van der Waals surface area contributed by atoms with Crippen molar-refractivity contribution in [3.05, 3.63) is 167 Å². The highest BCUT2D eigenvalue weighted by Gasteiger charge is 2.25. The van der Waals surface area contributed by atoms with Crippen LogP contribution in [0.5, 0.6) is 17.2 Å². The Balaban J connectivity index is 1.31. The second kappa shape index (κ2) is 17.0. The summed E-state index contributed by atoms with van der Waals surface area (Å²) in [6.45, 7) is 5.23. The molecule has 0 aliphatic carbocycles. The molecular formula is C45H41N3O7. The number of aryl methyl sites for hydroxylation is 1. The van der Waals surface area contributed by atoms with Gasteiger partial charge in [0.1, 0.15) is 19.8 Å². The summed E-state index contributed by atoms with van der Waals surface area (Å²) in [7, 11) is 3.02. The molecule has 0 atom stereocenters. The highest BCUT2D eigenvalue weighted by atomic mass is 16.5. The zero-order chi connectivity index (χ0) is 38.1. The van der Waals surface area contributed by atoms with Crippen molar-refractivity contribution in [2.75, 3.05) is 14.2 Å². The maximum absolute atomic E-state index is 13.0. The van der Waals surface area contributed by atoms with Gasteiger partial charge < -0.3 is 32.7 Å². The average molecular weight is 736 g/mol. The number of nitrogens with zero attached hydrogens (tertiary/aromatic N) is 3. The Morgan fingerprint density at radius 1 is 0.636 bits per heavy atom. The minimum atomic E-state index is -0.466. The molecule has 0 saturated carbocycles. The Hall–Kier alpha value is -6.65. The van der Waals surface area contributed by atoms with Gasteiger partial charge in [-0.05, 0) is 72.5 Å². The number of benzene rings is 5. The van der Waals surface area contributed by atoms with Crippen molar-refractivity contribution in [2.24, 2.45) is 0 Å². The zero-order valence-corrected chi connectivity index (χ0v) is 31.2. The molecule has 0 amide bonds. The predicted octanol–water partition coefficient (Wildman–Crippen LogP) is 9.48. The van der Waals surface area contributed by atoms with Crippen LogP contribution >= 0.6 is 0 Å². The van der Waals surface area contributed by atoms with Crippen LogP contribution in [0, 0.1) is 13.8 Å². The summed E-state index contributed by atoms with van der Waals surface area (Å²) < 4.78 is 38.5. The molecule has 2 aromatic heterocycles. The third-order valence-corrected chi connectivity index (χ3v) is 9.15. The van der Waals surface area contributed by atoms with E-state index in [1.807, 2.05) is 134 Å². The molecule has 55 heavy (non-hydrogen) atoms. The van der Waals surface area contributed by atoms with Gasteiger partial charge in [-0.1, -0.05) is 91.0 Å². The second-order valence-electron chi connectivity index (χ2n) is 12.9. The second-order valence-corrected chi connectivity index (χ2v) is 12.9. The Morgan fingerprint density at radius 2 is 1.22 bits per heavy atom. The number of esters is 1. The Bertz CT molecular complexity index is 2370. The van der Waals surface area contributed by atoms with Crippen LogP contribution < -0.4 is 14.2 Å². The lowest BCUT2D eigenvalue weighted by molar-refractivity contribution is 0.0600. The first-order chi connectivity index (χ1) is 26.9. The van der Waals surface area contributed by atoms with Gasteiger partial charge in [0, 0.05) is 24.1 Å². The van der Waals surface area contributed by atoms with E-state index in [-0.39, 0.29) is 25.0 Å². The maximum atomic E-state index is 13.0. The van der Waals surface area contributed by atoms with Gasteiger partial charge in [-0.2, -0.15) is 0 Å². The molecule has 0 aliphatic rings. The molecule has 0 bridgehead atoms. The van der Waals surface area contributed by atoms with Crippen molar-refractivity contribution in [2.45, 2.75) is 40.3 Å². The Kier molecular flexibility index (Phi) is 11.3. The fraction of sp³-hybridized carbons (Fsp3) is 0.178. The molecule has 0 spiro atoms. The number of carbonyl (C=O) groups is 1. The largest absolute Gasteiger partial charge is 0.485 e. The van der Waals surface area contributed by atoms with Crippen molar-refractivity contribution in [3.63, 3.8) is 0 Å². The molecule has 0 N–H and O–H groups in total. The smallest absolute Gasteiger partial charge is 0.339 e. The number of aromatic nitrogens is 3. The topological polar surface area (TPSA) is 107 Å². The fourth-order valence-electron chi connectivity index (χ4n) is 6.38. The minimum absolute atomic E-state index is 0.214. The van der Waals surface area contributed by atoms with Gasteiger partial charge in [-0.25, -0.2) is 4.79 Å². The van der Waals surface area contributed by atoms with Crippen LogP contribution in [0.2, 0.25) is 0 Å². The highest BCUT2D eigenvalue weighted by Crippen LogP contribution is 2.46. The zero-order valence-electron chi connectivity index (χ0n) is 31.2. The number of carbonyl (C=O) groups excluding carboxylic acids is 1. The lowest BCUT2D eigenvalue weighted by Crippen LogP contribution is -2.10. The fourth-order valence-corrected chi connectivity index (χ4v) is 6.38. The quantitative estimate of drug-likeness (QED) is 0.0952. The van der Waals surface area contributed by atoms with Crippen LogP contribution in [0.4, 0.5) is 0 Å². The van der Waals surface area contributed by atoms with Crippen molar-refractivity contribution in [3.8, 4) is 45.8 Å². The Morgan fingerprint density at radius 3 is 1.82 bits per heavy atom. The van der Waals surface area contributed by atoms with E-state index in [0.29, 0.717) is 52.8 Å². The third-order valence-electron chi connectivity index (χ3n) is 9.15. The maximum Gasteiger partial charge on any atom is 0.339 e. The van der Waals surface area contributed by atoms with Gasteiger partial charge in [0.15, 0.2) is 11.5 Å². The van der Waals surface area contributed by atoms with Crippen molar-refractivity contribution >= 4 is 5.97 Å². The summed E-state index contributed by atoms with van der Waals surface area (Å²) in [4.78, 5) is 13.0. The molecule has 7 aromatic rings. The summed E-state index contributed by atoms with van der Waals surface area (Å²) >= 11 is 0. The molecule has 10 nitrogen and oxygen atoms in total. The van der Waals surface area contributed by atoms with E-state index in [9.17, 15) is 4.79 Å². The van der Waals surface area contributed by atoms with Crippen molar-refractivity contribution in [1.29, 1.82) is 0 Å². The van der Waals surface area contributed by atoms with Gasteiger partial charge in [0.05, 0.1) is 30.5 Å². The lowest BCUT2D eigenvalue weighted by atomic mass is 10.1. The van der Waals surface area contributed by atoms with Crippen LogP contribution in [0.15, 0.2) is 132 Å². The van der Waals surface area contributed by atoms with Crippen molar-refractivity contribution < 1.29 is 32.9 Å². The molecule has 2 heterocycles. The van der Waals surface area contributed by atoms with Gasteiger partial charge in [-0.3, -0.25) is 0 Å². The molecule has 0 aliphatic heterocycles. The number of rotatable bonds is 15. The molecule has 0 saturated heterocycles. The van der Waals surface area contributed by atoms with E-state index in [1.54, 1.807) is 19.2 Å². The van der Waals surface area contributed by atoms with E-state index >= 15 is 0 Å². The summed E-state index contributed by atoms with van der Waals surface area (Å²) in [6.07, 6.45) is 0. The van der Waals surface area contributed by atoms with Gasteiger partial charge in [0.2, 0.25) is 11.6 Å². The SMILES string of the molecule is COCc1cc(C)n(-c2cc(-c3nnc(-c4ccc(OCc5ccccc5)c(OCc5ccccc5)c4OCc4ccccc4)o3)ccc2C(=O)OC)c1C. The molecule has 0 unspecified atom stereocenters. The van der Waals surface area contributed by atoms with Gasteiger partial charge in [0.25, 0.3) is 5.89 Å². The van der Waals surface area contributed by atoms with E-state index in [0.717, 1.165) is 33.6 Å². The molecule has 10 heteroatoms. The van der Waals surface area contributed by atoms with Crippen molar-refractivity contribution in [1.82, 2.24) is 14.8 Å². The predicted molar refractivity (Wildman–Crippen MR) is 208 cm³/mol. The van der Waals surface area contributed by atoms with E-state index in [4.69, 9.17) is 28.1 Å². The van der Waals surface area contributed by atoms with E-state index < -0.39 is 5.97 Å². The van der Waals surface area contributed by atoms with Gasteiger partial charge in [-0.15, -0.1) is 10.2 Å². The monoisotopic (exact) mass is 735 g/mol. The van der Waals surface area contributed by atoms with Crippen LogP contribution in [0.25, 0.3) is 28.6 Å². The normalized spacial score (nSPS) is 11.0. The van der Waals surface area contributed by atoms with Crippen LogP contribution in [-0.2, 0) is 35.9 Å². The molecule has 278 valence electrons. The number of hydrogen-bond acceptors (Lipinski definition) is 9. The van der Waals surface area contributed by atoms with Crippen LogP contribution in [0.3, 0.4) is 0 Å². The molecule has 7 rings (SSSR count). The average Bonchev–Trinajstić information content (AvgIpc) is 3.83. The molecular weight excluding hydrogens is 695 g/mol. The summed E-state index contributed by atoms with van der Waals surface area (Å²) in [5, 5.41) is 8.96. The van der Waals surface area contributed by atoms with Crippen LogP contribution in [0.1, 0.15) is 44.0 Å². The lowest BCUT2D eigenvalue weighted by Gasteiger charge is -2.19. The first kappa shape index (κ1) is 36.7. The minimum Gasteiger partial charge on any atom is -0.485 e. The van der Waals surface area contributed by atoms with Crippen LogP contribution in [-0.4, -0.2) is 35.0 Å².